The lowest BCUT2D eigenvalue weighted by Crippen LogP contribution is -2.51. The van der Waals surface area contributed by atoms with Crippen molar-refractivity contribution >= 4 is 32.7 Å². The number of ketones is 1. The summed E-state index contributed by atoms with van der Waals surface area (Å²) in [5.74, 6) is 0.330. The first-order valence-electron chi connectivity index (χ1n) is 10.4. The van der Waals surface area contributed by atoms with Crippen molar-refractivity contribution < 1.29 is 22.7 Å². The molecule has 10 heteroatoms. The monoisotopic (exact) mass is 456 g/mol. The molecule has 0 unspecified atom stereocenters. The van der Waals surface area contributed by atoms with E-state index in [1.165, 1.54) is 10.5 Å². The highest BCUT2D eigenvalue weighted by Gasteiger charge is 2.32. The minimum Gasteiger partial charge on any atom is -0.484 e. The smallest absolute Gasteiger partial charge is 0.260 e. The Kier molecular flexibility index (Phi) is 6.24. The number of aromatic amines is 1. The Hall–Kier alpha value is -3.24. The molecule has 9 nitrogen and oxygen atoms in total. The molecule has 1 fully saturated rings. The van der Waals surface area contributed by atoms with Crippen molar-refractivity contribution in [2.45, 2.75) is 18.2 Å². The summed E-state index contributed by atoms with van der Waals surface area (Å²) in [6.07, 6.45) is 3.48. The van der Waals surface area contributed by atoms with Crippen LogP contribution in [0, 0.1) is 0 Å². The van der Waals surface area contributed by atoms with Gasteiger partial charge in [-0.05, 0) is 36.4 Å². The minimum atomic E-state index is -3.70. The number of sulfonamides is 1. The van der Waals surface area contributed by atoms with E-state index >= 15 is 0 Å². The Bertz CT molecular complexity index is 1230. The first-order chi connectivity index (χ1) is 15.4. The number of fused-ring (bicyclic) bond motifs is 1. The number of pyridine rings is 1. The summed E-state index contributed by atoms with van der Waals surface area (Å²) in [5, 5.41) is 0.547. The van der Waals surface area contributed by atoms with Crippen molar-refractivity contribution in [3.63, 3.8) is 0 Å². The van der Waals surface area contributed by atoms with Crippen molar-refractivity contribution in [2.24, 2.45) is 0 Å². The first kappa shape index (κ1) is 22.0. The number of ether oxygens (including phenoxy) is 1. The van der Waals surface area contributed by atoms with Crippen LogP contribution in [-0.2, 0) is 14.8 Å². The molecule has 3 aromatic rings. The fourth-order valence-corrected chi connectivity index (χ4v) is 5.21. The molecule has 3 heterocycles. The van der Waals surface area contributed by atoms with E-state index in [2.05, 4.69) is 9.97 Å². The molecular formula is C22H24N4O5S. The van der Waals surface area contributed by atoms with Crippen molar-refractivity contribution in [1.82, 2.24) is 19.2 Å². The van der Waals surface area contributed by atoms with Gasteiger partial charge >= 0.3 is 0 Å². The van der Waals surface area contributed by atoms with Gasteiger partial charge in [-0.1, -0.05) is 6.92 Å². The van der Waals surface area contributed by atoms with Crippen molar-refractivity contribution in [1.29, 1.82) is 0 Å². The highest BCUT2D eigenvalue weighted by atomic mass is 32.2. The molecule has 1 aliphatic heterocycles. The molecule has 2 aromatic heterocycles. The van der Waals surface area contributed by atoms with Crippen molar-refractivity contribution in [3.05, 3.63) is 54.4 Å². The molecule has 0 radical (unpaired) electrons. The molecule has 0 atom stereocenters. The summed E-state index contributed by atoms with van der Waals surface area (Å²) in [6, 6.07) is 10.1. The van der Waals surface area contributed by atoms with Crippen LogP contribution in [-0.4, -0.2) is 72.1 Å². The van der Waals surface area contributed by atoms with Crippen molar-refractivity contribution in [3.8, 4) is 5.75 Å². The third kappa shape index (κ3) is 4.37. The molecule has 32 heavy (non-hydrogen) atoms. The number of hydrogen-bond acceptors (Lipinski definition) is 6. The molecule has 0 bridgehead atoms. The number of rotatable bonds is 7. The van der Waals surface area contributed by atoms with E-state index in [0.29, 0.717) is 28.8 Å². The third-order valence-electron chi connectivity index (χ3n) is 5.48. The lowest BCUT2D eigenvalue weighted by molar-refractivity contribution is -0.134. The number of nitrogens with zero attached hydrogens (tertiary/aromatic N) is 3. The van der Waals surface area contributed by atoms with Crippen LogP contribution < -0.4 is 4.74 Å². The standard InChI is InChI=1S/C22H24N4O5S/c1-2-19(27)16-5-7-17(8-6-16)31-15-21(28)25-10-12-26(13-11-25)32(29,30)20-14-24-22-18(20)4-3-9-23-22/h3-9,14H,2,10-13,15H2,1H3,(H,23,24). The molecule has 1 aliphatic rings. The van der Waals surface area contributed by atoms with E-state index < -0.39 is 10.0 Å². The second-order valence-electron chi connectivity index (χ2n) is 7.43. The van der Waals surface area contributed by atoms with E-state index in [4.69, 9.17) is 4.74 Å². The minimum absolute atomic E-state index is 0.0457. The Balaban J connectivity index is 1.33. The fourth-order valence-electron chi connectivity index (χ4n) is 3.64. The van der Waals surface area contributed by atoms with Gasteiger partial charge < -0.3 is 14.6 Å². The SMILES string of the molecule is CCC(=O)c1ccc(OCC(=O)N2CCN(S(=O)(=O)c3c[nH]c4ncccc34)CC2)cc1. The molecule has 4 rings (SSSR count). The molecule has 0 spiro atoms. The summed E-state index contributed by atoms with van der Waals surface area (Å²) in [4.78, 5) is 33.0. The van der Waals surface area contributed by atoms with Gasteiger partial charge in [-0.2, -0.15) is 4.31 Å². The largest absolute Gasteiger partial charge is 0.484 e. The zero-order valence-corrected chi connectivity index (χ0v) is 18.5. The molecule has 1 amide bonds. The van der Waals surface area contributed by atoms with Gasteiger partial charge in [0, 0.05) is 55.9 Å². The van der Waals surface area contributed by atoms with E-state index in [0.717, 1.165) is 0 Å². The third-order valence-corrected chi connectivity index (χ3v) is 7.42. The van der Waals surface area contributed by atoms with Crippen molar-refractivity contribution in [2.75, 3.05) is 32.8 Å². The van der Waals surface area contributed by atoms with Crippen LogP contribution >= 0.6 is 0 Å². The second-order valence-corrected chi connectivity index (χ2v) is 9.33. The number of carbonyl (C=O) groups excluding carboxylic acids is 2. The fraction of sp³-hybridized carbons (Fsp3) is 0.318. The number of piperazine rings is 1. The predicted molar refractivity (Wildman–Crippen MR) is 118 cm³/mol. The van der Waals surface area contributed by atoms with Crippen LogP contribution in [0.15, 0.2) is 53.7 Å². The molecule has 1 aromatic carbocycles. The van der Waals surface area contributed by atoms with Crippen LogP contribution in [0.2, 0.25) is 0 Å². The summed E-state index contributed by atoms with van der Waals surface area (Å²) in [6.45, 7) is 2.62. The van der Waals surface area contributed by atoms with Gasteiger partial charge in [0.15, 0.2) is 12.4 Å². The van der Waals surface area contributed by atoms with Gasteiger partial charge in [0.05, 0.1) is 0 Å². The number of Topliss-reactive ketones (excluding diaryl/α,β-unsaturated/α-hetero) is 1. The normalized spacial score (nSPS) is 15.1. The van der Waals surface area contributed by atoms with E-state index in [9.17, 15) is 18.0 Å². The molecule has 168 valence electrons. The Morgan fingerprint density at radius 3 is 2.50 bits per heavy atom. The number of amides is 1. The maximum Gasteiger partial charge on any atom is 0.260 e. The number of hydrogen-bond donors (Lipinski definition) is 1. The maximum atomic E-state index is 13.1. The van der Waals surface area contributed by atoms with Gasteiger partial charge in [-0.3, -0.25) is 9.59 Å². The van der Waals surface area contributed by atoms with Gasteiger partial charge in [-0.15, -0.1) is 0 Å². The van der Waals surface area contributed by atoms with Gasteiger partial charge in [-0.25, -0.2) is 13.4 Å². The van der Waals surface area contributed by atoms with Crippen LogP contribution in [0.3, 0.4) is 0 Å². The number of carbonyl (C=O) groups is 2. The number of benzene rings is 1. The van der Waals surface area contributed by atoms with Gasteiger partial charge in [0.25, 0.3) is 5.91 Å². The maximum absolute atomic E-state index is 13.1. The average Bonchev–Trinajstić information content (AvgIpc) is 3.27. The van der Waals surface area contributed by atoms with E-state index in [1.807, 2.05) is 0 Å². The molecular weight excluding hydrogens is 432 g/mol. The first-order valence-corrected chi connectivity index (χ1v) is 11.8. The second kappa shape index (κ2) is 9.09. The highest BCUT2D eigenvalue weighted by Crippen LogP contribution is 2.25. The summed E-state index contributed by atoms with van der Waals surface area (Å²) in [5.41, 5.74) is 1.12. The summed E-state index contributed by atoms with van der Waals surface area (Å²) in [7, 11) is -3.70. The number of nitrogens with one attached hydrogen (secondary N) is 1. The van der Waals surface area contributed by atoms with Gasteiger partial charge in [0.2, 0.25) is 10.0 Å². The average molecular weight is 457 g/mol. The molecule has 1 N–H and O–H groups in total. The quantitative estimate of drug-likeness (QED) is 0.545. The topological polar surface area (TPSA) is 113 Å². The Morgan fingerprint density at radius 2 is 1.81 bits per heavy atom. The molecule has 0 saturated carbocycles. The molecule has 1 saturated heterocycles. The zero-order chi connectivity index (χ0) is 22.7. The molecule has 0 aliphatic carbocycles. The van der Waals surface area contributed by atoms with E-state index in [1.54, 1.807) is 54.4 Å². The highest BCUT2D eigenvalue weighted by molar-refractivity contribution is 7.89. The number of aromatic nitrogens is 2. The van der Waals surface area contributed by atoms with Crippen LogP contribution in [0.25, 0.3) is 11.0 Å². The Morgan fingerprint density at radius 1 is 1.09 bits per heavy atom. The van der Waals surface area contributed by atoms with Gasteiger partial charge in [0.1, 0.15) is 16.3 Å². The van der Waals surface area contributed by atoms with Crippen LogP contribution in [0.1, 0.15) is 23.7 Å². The predicted octanol–water partition coefficient (Wildman–Crippen LogP) is 2.07. The Labute approximate surface area is 186 Å². The summed E-state index contributed by atoms with van der Waals surface area (Å²) < 4.78 is 33.1. The zero-order valence-electron chi connectivity index (χ0n) is 17.7. The lowest BCUT2D eigenvalue weighted by atomic mass is 10.1. The van der Waals surface area contributed by atoms with E-state index in [-0.39, 0.29) is 49.4 Å². The lowest BCUT2D eigenvalue weighted by Gasteiger charge is -2.33. The summed E-state index contributed by atoms with van der Waals surface area (Å²) >= 11 is 0. The number of H-pyrrole nitrogens is 1. The van der Waals surface area contributed by atoms with Crippen LogP contribution in [0.4, 0.5) is 0 Å². The van der Waals surface area contributed by atoms with Crippen LogP contribution in [0.5, 0.6) is 5.75 Å².